The number of methoxy groups -OCH3 is 1. The Kier molecular flexibility index (Phi) is 3.66. The van der Waals surface area contributed by atoms with E-state index < -0.39 is 11.9 Å². The maximum Gasteiger partial charge on any atom is 0.303 e. The van der Waals surface area contributed by atoms with Crippen LogP contribution in [-0.2, 0) is 9.59 Å². The standard InChI is InChI=1S/C13H14ClNO4/c1-15-10(16)5-7(6-11(17)18)12-9(19-2)4-3-8(14)13(12)15/h3-4,7H,5-6H2,1-2H3,(H,17,18). The Morgan fingerprint density at radius 3 is 2.84 bits per heavy atom. The first-order valence-electron chi connectivity index (χ1n) is 5.80. The number of carbonyl (C=O) groups excluding carboxylic acids is 1. The molecule has 1 atom stereocenters. The molecule has 1 aliphatic heterocycles. The maximum atomic E-state index is 11.9. The topological polar surface area (TPSA) is 66.8 Å². The molecule has 0 radical (unpaired) electrons. The predicted molar refractivity (Wildman–Crippen MR) is 71.0 cm³/mol. The number of amides is 1. The summed E-state index contributed by atoms with van der Waals surface area (Å²) in [7, 11) is 3.14. The first kappa shape index (κ1) is 13.7. The molecule has 1 aromatic carbocycles. The summed E-state index contributed by atoms with van der Waals surface area (Å²) in [6.45, 7) is 0. The van der Waals surface area contributed by atoms with Crippen molar-refractivity contribution in [3.63, 3.8) is 0 Å². The number of carboxylic acids is 1. The van der Waals surface area contributed by atoms with Crippen LogP contribution >= 0.6 is 11.6 Å². The van der Waals surface area contributed by atoms with Crippen LogP contribution in [-0.4, -0.2) is 31.1 Å². The van der Waals surface area contributed by atoms with Crippen LogP contribution in [0.2, 0.25) is 5.02 Å². The minimum atomic E-state index is -0.949. The van der Waals surface area contributed by atoms with E-state index in [0.29, 0.717) is 22.0 Å². The van der Waals surface area contributed by atoms with Crippen molar-refractivity contribution in [2.75, 3.05) is 19.1 Å². The lowest BCUT2D eigenvalue weighted by molar-refractivity contribution is -0.137. The van der Waals surface area contributed by atoms with Crippen LogP contribution in [0.4, 0.5) is 5.69 Å². The molecule has 1 unspecified atom stereocenters. The van der Waals surface area contributed by atoms with Gasteiger partial charge < -0.3 is 14.7 Å². The van der Waals surface area contributed by atoms with E-state index in [0.717, 1.165) is 0 Å². The minimum absolute atomic E-state index is 0.122. The number of hydrogen-bond donors (Lipinski definition) is 1. The molecular weight excluding hydrogens is 270 g/mol. The number of hydrogen-bond acceptors (Lipinski definition) is 3. The number of nitrogens with zero attached hydrogens (tertiary/aromatic N) is 1. The average molecular weight is 284 g/mol. The Morgan fingerprint density at radius 2 is 2.26 bits per heavy atom. The van der Waals surface area contributed by atoms with Gasteiger partial charge in [-0.15, -0.1) is 0 Å². The maximum absolute atomic E-state index is 11.9. The second kappa shape index (κ2) is 5.09. The monoisotopic (exact) mass is 283 g/mol. The van der Waals surface area contributed by atoms with Crippen LogP contribution in [0, 0.1) is 0 Å². The molecule has 102 valence electrons. The summed E-state index contributed by atoms with van der Waals surface area (Å²) in [6.07, 6.45) is 0.0236. The number of rotatable bonds is 3. The highest BCUT2D eigenvalue weighted by Crippen LogP contribution is 2.46. The van der Waals surface area contributed by atoms with Crippen molar-refractivity contribution >= 4 is 29.2 Å². The van der Waals surface area contributed by atoms with Gasteiger partial charge in [-0.2, -0.15) is 0 Å². The van der Waals surface area contributed by atoms with Crippen LogP contribution in [0.25, 0.3) is 0 Å². The molecule has 1 aromatic rings. The van der Waals surface area contributed by atoms with Crippen LogP contribution < -0.4 is 9.64 Å². The molecule has 1 amide bonds. The first-order valence-corrected chi connectivity index (χ1v) is 6.18. The number of ether oxygens (including phenoxy) is 1. The van der Waals surface area contributed by atoms with Crippen molar-refractivity contribution in [2.45, 2.75) is 18.8 Å². The minimum Gasteiger partial charge on any atom is -0.496 e. The van der Waals surface area contributed by atoms with Gasteiger partial charge in [-0.3, -0.25) is 9.59 Å². The number of benzene rings is 1. The highest BCUT2D eigenvalue weighted by atomic mass is 35.5. The highest BCUT2D eigenvalue weighted by Gasteiger charge is 2.34. The molecule has 0 saturated carbocycles. The van der Waals surface area contributed by atoms with Gasteiger partial charge in [0.2, 0.25) is 5.91 Å². The fraction of sp³-hybridized carbons (Fsp3) is 0.385. The quantitative estimate of drug-likeness (QED) is 0.924. The third-order valence-corrected chi connectivity index (χ3v) is 3.61. The van der Waals surface area contributed by atoms with Gasteiger partial charge in [-0.25, -0.2) is 0 Å². The van der Waals surface area contributed by atoms with Gasteiger partial charge in [-0.05, 0) is 12.1 Å². The third-order valence-electron chi connectivity index (χ3n) is 3.31. The Hall–Kier alpha value is -1.75. The largest absolute Gasteiger partial charge is 0.496 e. The Bertz CT molecular complexity index is 544. The van der Waals surface area contributed by atoms with E-state index in [4.69, 9.17) is 21.4 Å². The summed E-state index contributed by atoms with van der Waals surface area (Å²) in [5.74, 6) is -0.945. The molecule has 1 N–H and O–H groups in total. The molecular formula is C13H14ClNO4. The van der Waals surface area contributed by atoms with Gasteiger partial charge in [0.15, 0.2) is 0 Å². The van der Waals surface area contributed by atoms with Gasteiger partial charge in [-0.1, -0.05) is 11.6 Å². The van der Waals surface area contributed by atoms with E-state index in [1.807, 2.05) is 0 Å². The van der Waals surface area contributed by atoms with E-state index in [9.17, 15) is 9.59 Å². The zero-order valence-corrected chi connectivity index (χ0v) is 11.4. The SMILES string of the molecule is COc1ccc(Cl)c2c1C(CC(=O)O)CC(=O)N2C. The molecule has 0 saturated heterocycles. The molecule has 0 spiro atoms. The summed E-state index contributed by atoms with van der Waals surface area (Å²) in [4.78, 5) is 24.3. The smallest absolute Gasteiger partial charge is 0.303 e. The fourth-order valence-electron chi connectivity index (χ4n) is 2.44. The van der Waals surface area contributed by atoms with Crippen molar-refractivity contribution in [3.05, 3.63) is 22.7 Å². The van der Waals surface area contributed by atoms with Crippen LogP contribution in [0.1, 0.15) is 24.3 Å². The summed E-state index contributed by atoms with van der Waals surface area (Å²) in [5.41, 5.74) is 1.24. The lowest BCUT2D eigenvalue weighted by Crippen LogP contribution is -2.34. The zero-order valence-electron chi connectivity index (χ0n) is 10.6. The normalized spacial score (nSPS) is 18.2. The molecule has 1 heterocycles. The molecule has 0 bridgehead atoms. The zero-order chi connectivity index (χ0) is 14.2. The molecule has 5 nitrogen and oxygen atoms in total. The Labute approximate surface area is 115 Å². The van der Waals surface area contributed by atoms with E-state index in [1.165, 1.54) is 12.0 Å². The lowest BCUT2D eigenvalue weighted by atomic mass is 9.86. The number of halogens is 1. The first-order chi connectivity index (χ1) is 8.95. The number of fused-ring (bicyclic) bond motifs is 1. The van der Waals surface area contributed by atoms with Crippen LogP contribution in [0.5, 0.6) is 5.75 Å². The second-order valence-electron chi connectivity index (χ2n) is 4.46. The van der Waals surface area contributed by atoms with Gasteiger partial charge in [0, 0.05) is 24.9 Å². The third kappa shape index (κ3) is 2.38. The lowest BCUT2D eigenvalue weighted by Gasteiger charge is -2.32. The number of carboxylic acid groups (broad SMARTS) is 1. The van der Waals surface area contributed by atoms with Gasteiger partial charge >= 0.3 is 5.97 Å². The Morgan fingerprint density at radius 1 is 1.58 bits per heavy atom. The second-order valence-corrected chi connectivity index (χ2v) is 4.87. The van der Waals surface area contributed by atoms with Crippen LogP contribution in [0.15, 0.2) is 12.1 Å². The molecule has 1 aliphatic rings. The van der Waals surface area contributed by atoms with Gasteiger partial charge in [0.25, 0.3) is 0 Å². The summed E-state index contributed by atoms with van der Waals surface area (Å²) < 4.78 is 5.27. The highest BCUT2D eigenvalue weighted by molar-refractivity contribution is 6.34. The number of carbonyl (C=O) groups is 2. The van der Waals surface area contributed by atoms with E-state index in [2.05, 4.69) is 0 Å². The molecule has 0 fully saturated rings. The van der Waals surface area contributed by atoms with E-state index in [-0.39, 0.29) is 18.7 Å². The molecule has 0 aliphatic carbocycles. The predicted octanol–water partition coefficient (Wildman–Crippen LogP) is 2.27. The van der Waals surface area contributed by atoms with E-state index >= 15 is 0 Å². The van der Waals surface area contributed by atoms with Gasteiger partial charge in [0.1, 0.15) is 5.75 Å². The van der Waals surface area contributed by atoms with Crippen molar-refractivity contribution in [1.82, 2.24) is 0 Å². The van der Waals surface area contributed by atoms with E-state index in [1.54, 1.807) is 19.2 Å². The number of aliphatic carboxylic acids is 1. The van der Waals surface area contributed by atoms with Crippen molar-refractivity contribution in [2.24, 2.45) is 0 Å². The summed E-state index contributed by atoms with van der Waals surface area (Å²) in [5, 5.41) is 9.40. The van der Waals surface area contributed by atoms with Crippen LogP contribution in [0.3, 0.4) is 0 Å². The summed E-state index contributed by atoms with van der Waals surface area (Å²) >= 11 is 6.14. The Balaban J connectivity index is 2.61. The van der Waals surface area contributed by atoms with Gasteiger partial charge in [0.05, 0.1) is 24.2 Å². The number of anilines is 1. The van der Waals surface area contributed by atoms with Crippen molar-refractivity contribution in [3.8, 4) is 5.75 Å². The van der Waals surface area contributed by atoms with Crippen molar-refractivity contribution in [1.29, 1.82) is 0 Å². The average Bonchev–Trinajstić information content (AvgIpc) is 2.34. The molecule has 19 heavy (non-hydrogen) atoms. The fourth-order valence-corrected chi connectivity index (χ4v) is 2.73. The molecule has 0 aromatic heterocycles. The molecule has 6 heteroatoms. The summed E-state index contributed by atoms with van der Waals surface area (Å²) in [6, 6.07) is 3.34. The van der Waals surface area contributed by atoms with Crippen molar-refractivity contribution < 1.29 is 19.4 Å². The molecule has 2 rings (SSSR count).